The molecule has 0 fully saturated rings. The summed E-state index contributed by atoms with van der Waals surface area (Å²) in [6.07, 6.45) is 0. The van der Waals surface area contributed by atoms with Gasteiger partial charge in [0.15, 0.2) is 0 Å². The van der Waals surface area contributed by atoms with Crippen LogP contribution in [0.5, 0.6) is 0 Å². The van der Waals surface area contributed by atoms with E-state index in [4.69, 9.17) is 0 Å². The quantitative estimate of drug-likeness (QED) is 0.512. The molecule has 0 amide bonds. The lowest BCUT2D eigenvalue weighted by atomic mass is 10.3. The fraction of sp³-hybridized carbons (Fsp3) is 0. The Kier molecular flexibility index (Phi) is 4.47. The summed E-state index contributed by atoms with van der Waals surface area (Å²) in [5.74, 6) is 0.809. The van der Waals surface area contributed by atoms with Crippen LogP contribution >= 0.6 is 0 Å². The van der Waals surface area contributed by atoms with Crippen molar-refractivity contribution in [3.05, 3.63) is 91.0 Å². The molecule has 0 aliphatic heterocycles. The van der Waals surface area contributed by atoms with E-state index in [1.54, 1.807) is 0 Å². The van der Waals surface area contributed by atoms with Gasteiger partial charge in [-0.05, 0) is 36.4 Å². The van der Waals surface area contributed by atoms with Gasteiger partial charge in [0.1, 0.15) is 0 Å². The Bertz CT molecular complexity index is 679. The summed E-state index contributed by atoms with van der Waals surface area (Å²) in [6, 6.07) is 30.2. The number of anilines is 2. The Morgan fingerprint density at radius 2 is 0.955 bits per heavy atom. The average molecular weight is 288 g/mol. The molecular formula is C19H18N3+. The maximum atomic E-state index is 3.37. The molecule has 22 heavy (non-hydrogen) atoms. The lowest BCUT2D eigenvalue weighted by Crippen LogP contribution is -2.70. The van der Waals surface area contributed by atoms with Gasteiger partial charge in [0.25, 0.3) is 0 Å². The van der Waals surface area contributed by atoms with Crippen LogP contribution in [0.1, 0.15) is 0 Å². The van der Waals surface area contributed by atoms with Crippen LogP contribution in [0.4, 0.5) is 17.1 Å². The Morgan fingerprint density at radius 3 is 1.41 bits per heavy atom. The zero-order valence-electron chi connectivity index (χ0n) is 12.2. The number of rotatable bonds is 3. The molecule has 3 aromatic carbocycles. The molecule has 0 heterocycles. The van der Waals surface area contributed by atoms with Crippen molar-refractivity contribution in [2.45, 2.75) is 0 Å². The van der Waals surface area contributed by atoms with E-state index in [0.29, 0.717) is 0 Å². The van der Waals surface area contributed by atoms with E-state index in [9.17, 15) is 0 Å². The Hall–Kier alpha value is -3.07. The molecule has 3 aromatic rings. The summed E-state index contributed by atoms with van der Waals surface area (Å²) in [4.78, 5) is 3.37. The largest absolute Gasteiger partial charge is 0.358 e. The van der Waals surface area contributed by atoms with E-state index >= 15 is 0 Å². The van der Waals surface area contributed by atoms with Gasteiger partial charge < -0.3 is 0 Å². The molecule has 0 saturated carbocycles. The number of benzene rings is 3. The highest BCUT2D eigenvalue weighted by molar-refractivity contribution is 6.00. The molecule has 3 heteroatoms. The molecule has 0 aromatic heterocycles. The fourth-order valence-electron chi connectivity index (χ4n) is 2.09. The van der Waals surface area contributed by atoms with Gasteiger partial charge in [0, 0.05) is 0 Å². The third-order valence-electron chi connectivity index (χ3n) is 3.13. The molecule has 0 aliphatic rings. The molecule has 0 aliphatic carbocycles. The number of guanidine groups is 1. The normalized spacial score (nSPS) is 9.82. The van der Waals surface area contributed by atoms with Crippen molar-refractivity contribution in [3.63, 3.8) is 0 Å². The van der Waals surface area contributed by atoms with Crippen molar-refractivity contribution >= 4 is 23.0 Å². The molecule has 108 valence electrons. The molecule has 0 bridgehead atoms. The standard InChI is InChI=1S/C19H17N3/c1-4-10-16(11-5-1)20-19(21-17-12-6-2-7-13-17)22-18-14-8-3-9-15-18/h1-15H,(H2,20,21,22)/p+1. The van der Waals surface area contributed by atoms with Gasteiger partial charge in [0.05, 0.1) is 17.1 Å². The van der Waals surface area contributed by atoms with Gasteiger partial charge in [-0.25, -0.2) is 15.6 Å². The first kappa shape index (κ1) is 13.9. The zero-order valence-corrected chi connectivity index (χ0v) is 12.2. The Labute approximate surface area is 130 Å². The maximum Gasteiger partial charge on any atom is 0.358 e. The first-order valence-corrected chi connectivity index (χ1v) is 7.23. The second-order valence-electron chi connectivity index (χ2n) is 4.85. The summed E-state index contributed by atoms with van der Waals surface area (Å²) in [7, 11) is 0. The number of hydrogen-bond donors (Lipinski definition) is 3. The molecule has 0 unspecified atom stereocenters. The van der Waals surface area contributed by atoms with Gasteiger partial charge in [-0.3, -0.25) is 0 Å². The SMILES string of the molecule is c1ccc(NC(Nc2ccccc2)=[NH+]c2ccccc2)cc1. The highest BCUT2D eigenvalue weighted by Gasteiger charge is 2.08. The first-order valence-electron chi connectivity index (χ1n) is 7.23. The molecule has 3 N–H and O–H groups in total. The minimum absolute atomic E-state index is 0.809. The molecule has 0 spiro atoms. The molecular weight excluding hydrogens is 270 g/mol. The van der Waals surface area contributed by atoms with E-state index in [2.05, 4.69) is 15.6 Å². The molecule has 3 rings (SSSR count). The van der Waals surface area contributed by atoms with Crippen molar-refractivity contribution < 1.29 is 4.99 Å². The Morgan fingerprint density at radius 1 is 0.545 bits per heavy atom. The summed E-state index contributed by atoms with van der Waals surface area (Å²) >= 11 is 0. The van der Waals surface area contributed by atoms with E-state index in [1.807, 2.05) is 91.0 Å². The molecule has 0 atom stereocenters. The molecule has 0 saturated heterocycles. The van der Waals surface area contributed by atoms with Crippen LogP contribution in [0.15, 0.2) is 91.0 Å². The van der Waals surface area contributed by atoms with E-state index in [0.717, 1.165) is 23.0 Å². The second-order valence-corrected chi connectivity index (χ2v) is 4.85. The van der Waals surface area contributed by atoms with Crippen LogP contribution < -0.4 is 15.6 Å². The minimum Gasteiger partial charge on any atom is -0.245 e. The van der Waals surface area contributed by atoms with Crippen molar-refractivity contribution in [3.8, 4) is 0 Å². The van der Waals surface area contributed by atoms with Crippen LogP contribution in [0.25, 0.3) is 0 Å². The van der Waals surface area contributed by atoms with Crippen LogP contribution in [0.2, 0.25) is 0 Å². The first-order chi connectivity index (χ1) is 10.9. The third-order valence-corrected chi connectivity index (χ3v) is 3.13. The average Bonchev–Trinajstić information content (AvgIpc) is 2.57. The molecule has 0 radical (unpaired) electrons. The van der Waals surface area contributed by atoms with Gasteiger partial charge in [-0.15, -0.1) is 0 Å². The monoisotopic (exact) mass is 288 g/mol. The van der Waals surface area contributed by atoms with Crippen LogP contribution in [0, 0.1) is 0 Å². The maximum absolute atomic E-state index is 3.37. The number of para-hydroxylation sites is 3. The smallest absolute Gasteiger partial charge is 0.245 e. The van der Waals surface area contributed by atoms with Crippen molar-refractivity contribution in [2.75, 3.05) is 10.6 Å². The number of nitrogens with one attached hydrogen (secondary N) is 3. The highest BCUT2D eigenvalue weighted by Crippen LogP contribution is 2.07. The third kappa shape index (κ3) is 3.96. The Balaban J connectivity index is 1.86. The summed E-state index contributed by atoms with van der Waals surface area (Å²) in [5, 5.41) is 6.74. The number of hydrogen-bond acceptors (Lipinski definition) is 0. The predicted molar refractivity (Wildman–Crippen MR) is 92.2 cm³/mol. The minimum atomic E-state index is 0.809. The molecule has 3 nitrogen and oxygen atoms in total. The van der Waals surface area contributed by atoms with E-state index in [-0.39, 0.29) is 0 Å². The van der Waals surface area contributed by atoms with Crippen LogP contribution in [-0.2, 0) is 0 Å². The van der Waals surface area contributed by atoms with E-state index in [1.165, 1.54) is 0 Å². The second kappa shape index (κ2) is 7.09. The van der Waals surface area contributed by atoms with Crippen molar-refractivity contribution in [1.82, 2.24) is 0 Å². The van der Waals surface area contributed by atoms with Crippen molar-refractivity contribution in [1.29, 1.82) is 0 Å². The van der Waals surface area contributed by atoms with Gasteiger partial charge >= 0.3 is 5.96 Å². The van der Waals surface area contributed by atoms with Crippen LogP contribution in [-0.4, -0.2) is 5.96 Å². The lowest BCUT2D eigenvalue weighted by Gasteiger charge is -2.06. The van der Waals surface area contributed by atoms with Gasteiger partial charge in [-0.1, -0.05) is 54.6 Å². The summed E-state index contributed by atoms with van der Waals surface area (Å²) < 4.78 is 0. The predicted octanol–water partition coefficient (Wildman–Crippen LogP) is 2.98. The summed E-state index contributed by atoms with van der Waals surface area (Å²) in [6.45, 7) is 0. The van der Waals surface area contributed by atoms with E-state index < -0.39 is 0 Å². The fourth-order valence-corrected chi connectivity index (χ4v) is 2.09. The van der Waals surface area contributed by atoms with Gasteiger partial charge in [0.2, 0.25) is 0 Å². The van der Waals surface area contributed by atoms with Crippen LogP contribution in [0.3, 0.4) is 0 Å². The van der Waals surface area contributed by atoms with Crippen molar-refractivity contribution in [2.24, 2.45) is 0 Å². The van der Waals surface area contributed by atoms with Gasteiger partial charge in [-0.2, -0.15) is 0 Å². The summed E-state index contributed by atoms with van der Waals surface area (Å²) in [5.41, 5.74) is 3.05. The highest BCUT2D eigenvalue weighted by atomic mass is 15.2. The lowest BCUT2D eigenvalue weighted by molar-refractivity contribution is -0.353. The zero-order chi connectivity index (χ0) is 15.0. The topological polar surface area (TPSA) is 38.0 Å².